The summed E-state index contributed by atoms with van der Waals surface area (Å²) in [6.07, 6.45) is 0. The van der Waals surface area contributed by atoms with Crippen LogP contribution in [0.5, 0.6) is 0 Å². The van der Waals surface area contributed by atoms with E-state index in [4.69, 9.17) is 4.74 Å². The van der Waals surface area contributed by atoms with E-state index < -0.39 is 0 Å². The smallest absolute Gasteiger partial charge is 0.130 e. The number of rotatable bonds is 3. The molecule has 0 bridgehead atoms. The van der Waals surface area contributed by atoms with Crippen LogP contribution in [-0.2, 0) is 4.74 Å². The van der Waals surface area contributed by atoms with Crippen LogP contribution in [0.4, 0.5) is 0 Å². The van der Waals surface area contributed by atoms with Crippen molar-refractivity contribution in [1.29, 1.82) is 0 Å². The van der Waals surface area contributed by atoms with Gasteiger partial charge in [0.25, 0.3) is 0 Å². The highest BCUT2D eigenvalue weighted by atomic mass is 32.1. The number of thiol groups is 1. The Morgan fingerprint density at radius 1 is 1.89 bits per heavy atom. The molecule has 0 spiro atoms. The van der Waals surface area contributed by atoms with Crippen molar-refractivity contribution in [2.75, 3.05) is 13.7 Å². The maximum atomic E-state index is 4.85. The summed E-state index contributed by atoms with van der Waals surface area (Å²) in [4.78, 5) is 0. The van der Waals surface area contributed by atoms with E-state index in [2.05, 4.69) is 30.2 Å². The van der Waals surface area contributed by atoms with Gasteiger partial charge in [0, 0.05) is 13.2 Å². The Labute approximate surface area is 66.4 Å². The highest BCUT2D eigenvalue weighted by Crippen LogP contribution is 1.85. The number of methoxy groups -OCH3 is 1. The van der Waals surface area contributed by atoms with Gasteiger partial charge < -0.3 is 10.1 Å². The standard InChI is InChI=1S/C5H11NOS2/c1-4(3-7-2)6-5(8)9/h4H,3H2,1-2H3,(H2,6,8,9)/t4-/m1/s1. The van der Waals surface area contributed by atoms with Gasteiger partial charge in [0.1, 0.15) is 4.32 Å². The lowest BCUT2D eigenvalue weighted by Crippen LogP contribution is -2.31. The molecule has 1 atom stereocenters. The SMILES string of the molecule is COC[C@@H](C)NC(=S)S. The van der Waals surface area contributed by atoms with E-state index in [0.717, 1.165) is 0 Å². The minimum atomic E-state index is 0.250. The lowest BCUT2D eigenvalue weighted by atomic mass is 10.4. The van der Waals surface area contributed by atoms with Crippen LogP contribution < -0.4 is 5.32 Å². The molecule has 0 aliphatic rings. The summed E-state index contributed by atoms with van der Waals surface area (Å²) in [7, 11) is 1.65. The van der Waals surface area contributed by atoms with Crippen LogP contribution in [0, 0.1) is 0 Å². The first-order valence-electron chi connectivity index (χ1n) is 2.65. The maximum absolute atomic E-state index is 4.85. The quantitative estimate of drug-likeness (QED) is 0.478. The second-order valence-electron chi connectivity index (χ2n) is 1.81. The summed E-state index contributed by atoms with van der Waals surface area (Å²) in [5.41, 5.74) is 0. The Morgan fingerprint density at radius 3 is 2.78 bits per heavy atom. The molecule has 0 aromatic rings. The molecule has 1 N–H and O–H groups in total. The highest BCUT2D eigenvalue weighted by Gasteiger charge is 1.98. The molecule has 0 fully saturated rings. The number of nitrogens with one attached hydrogen (secondary N) is 1. The first-order valence-corrected chi connectivity index (χ1v) is 3.50. The summed E-state index contributed by atoms with van der Waals surface area (Å²) in [6, 6.07) is 0.250. The normalized spacial score (nSPS) is 12.8. The predicted molar refractivity (Wildman–Crippen MR) is 46.1 cm³/mol. The number of ether oxygens (including phenoxy) is 1. The van der Waals surface area contributed by atoms with Gasteiger partial charge in [-0.15, -0.1) is 12.6 Å². The molecule has 9 heavy (non-hydrogen) atoms. The highest BCUT2D eigenvalue weighted by molar-refractivity contribution is 8.11. The Balaban J connectivity index is 3.26. The van der Waals surface area contributed by atoms with Gasteiger partial charge in [0.2, 0.25) is 0 Å². The fourth-order valence-corrected chi connectivity index (χ4v) is 0.924. The molecule has 2 nitrogen and oxygen atoms in total. The Kier molecular flexibility index (Phi) is 5.13. The van der Waals surface area contributed by atoms with Crippen molar-refractivity contribution in [3.05, 3.63) is 0 Å². The average molecular weight is 165 g/mol. The minimum absolute atomic E-state index is 0.250. The summed E-state index contributed by atoms with van der Waals surface area (Å²) >= 11 is 8.58. The molecule has 0 rings (SSSR count). The Bertz CT molecular complexity index is 97.0. The van der Waals surface area contributed by atoms with Gasteiger partial charge in [-0.3, -0.25) is 0 Å². The van der Waals surface area contributed by atoms with E-state index in [1.54, 1.807) is 7.11 Å². The van der Waals surface area contributed by atoms with Crippen molar-refractivity contribution in [2.24, 2.45) is 0 Å². The van der Waals surface area contributed by atoms with Gasteiger partial charge in [-0.1, -0.05) is 12.2 Å². The summed E-state index contributed by atoms with van der Waals surface area (Å²) in [5, 5.41) is 2.91. The first kappa shape index (κ1) is 9.20. The van der Waals surface area contributed by atoms with Gasteiger partial charge in [0.15, 0.2) is 0 Å². The molecule has 0 aliphatic heterocycles. The lowest BCUT2D eigenvalue weighted by Gasteiger charge is -2.10. The van der Waals surface area contributed by atoms with Gasteiger partial charge in [-0.05, 0) is 6.92 Å². The second kappa shape index (κ2) is 5.02. The topological polar surface area (TPSA) is 21.3 Å². The van der Waals surface area contributed by atoms with Crippen molar-refractivity contribution < 1.29 is 4.74 Å². The third-order valence-corrected chi connectivity index (χ3v) is 1.03. The number of hydrogen-bond donors (Lipinski definition) is 2. The zero-order chi connectivity index (χ0) is 7.28. The Hall–Kier alpha value is 0.200. The summed E-state index contributed by atoms with van der Waals surface area (Å²) in [5.74, 6) is 0. The second-order valence-corrected chi connectivity index (χ2v) is 2.96. The first-order chi connectivity index (χ1) is 4.16. The van der Waals surface area contributed by atoms with E-state index in [-0.39, 0.29) is 6.04 Å². The van der Waals surface area contributed by atoms with E-state index >= 15 is 0 Å². The van der Waals surface area contributed by atoms with Crippen LogP contribution in [0.2, 0.25) is 0 Å². The largest absolute Gasteiger partial charge is 0.383 e. The van der Waals surface area contributed by atoms with Gasteiger partial charge >= 0.3 is 0 Å². The van der Waals surface area contributed by atoms with Crippen LogP contribution in [0.1, 0.15) is 6.92 Å². The number of thiocarbonyl (C=S) groups is 1. The minimum Gasteiger partial charge on any atom is -0.383 e. The molecule has 0 saturated heterocycles. The molecule has 0 radical (unpaired) electrons. The van der Waals surface area contributed by atoms with Crippen LogP contribution >= 0.6 is 24.8 Å². The van der Waals surface area contributed by atoms with Crippen LogP contribution in [0.25, 0.3) is 0 Å². The van der Waals surface area contributed by atoms with Crippen molar-refractivity contribution >= 4 is 29.2 Å². The van der Waals surface area contributed by atoms with E-state index in [1.807, 2.05) is 6.92 Å². The molecule has 4 heteroatoms. The van der Waals surface area contributed by atoms with Crippen LogP contribution in [0.3, 0.4) is 0 Å². The van der Waals surface area contributed by atoms with E-state index in [0.29, 0.717) is 10.9 Å². The average Bonchev–Trinajstić information content (AvgIpc) is 1.63. The molecule has 0 amide bonds. The zero-order valence-corrected chi connectivity index (χ0v) is 7.26. The van der Waals surface area contributed by atoms with Gasteiger partial charge in [-0.2, -0.15) is 0 Å². The lowest BCUT2D eigenvalue weighted by molar-refractivity contribution is 0.180. The van der Waals surface area contributed by atoms with E-state index in [9.17, 15) is 0 Å². The number of hydrogen-bond acceptors (Lipinski definition) is 2. The third kappa shape index (κ3) is 6.08. The van der Waals surface area contributed by atoms with E-state index in [1.165, 1.54) is 0 Å². The molecule has 0 aromatic heterocycles. The molecule has 0 heterocycles. The van der Waals surface area contributed by atoms with Crippen molar-refractivity contribution in [1.82, 2.24) is 5.32 Å². The van der Waals surface area contributed by atoms with Crippen molar-refractivity contribution in [3.63, 3.8) is 0 Å². The van der Waals surface area contributed by atoms with Gasteiger partial charge in [0.05, 0.1) is 6.61 Å². The maximum Gasteiger partial charge on any atom is 0.130 e. The fourth-order valence-electron chi connectivity index (χ4n) is 0.502. The fraction of sp³-hybridized carbons (Fsp3) is 0.800. The Morgan fingerprint density at radius 2 is 2.44 bits per heavy atom. The molecule has 0 aliphatic carbocycles. The van der Waals surface area contributed by atoms with Crippen LogP contribution in [-0.4, -0.2) is 24.1 Å². The molecule has 54 valence electrons. The van der Waals surface area contributed by atoms with Crippen molar-refractivity contribution in [2.45, 2.75) is 13.0 Å². The third-order valence-electron chi connectivity index (χ3n) is 0.787. The predicted octanol–water partition coefficient (Wildman–Crippen LogP) is 0.826. The van der Waals surface area contributed by atoms with Crippen molar-refractivity contribution in [3.8, 4) is 0 Å². The molecular weight excluding hydrogens is 154 g/mol. The summed E-state index contributed by atoms with van der Waals surface area (Å²) in [6.45, 7) is 2.63. The molecule has 0 aromatic carbocycles. The molecule has 0 unspecified atom stereocenters. The van der Waals surface area contributed by atoms with Crippen LogP contribution in [0.15, 0.2) is 0 Å². The zero-order valence-electron chi connectivity index (χ0n) is 5.55. The summed E-state index contributed by atoms with van der Waals surface area (Å²) < 4.78 is 5.36. The van der Waals surface area contributed by atoms with Gasteiger partial charge in [-0.25, -0.2) is 0 Å². The monoisotopic (exact) mass is 165 g/mol. The molecular formula is C5H11NOS2. The molecule has 0 saturated carbocycles.